The van der Waals surface area contributed by atoms with Gasteiger partial charge in [-0.1, -0.05) is 24.4 Å². The van der Waals surface area contributed by atoms with Crippen molar-refractivity contribution in [3.63, 3.8) is 0 Å². The number of Topliss-reactive ketones (excluding diaryl/α,β-unsaturated/α-hetero) is 1. The number of hydrogen-bond donors (Lipinski definition) is 0. The van der Waals surface area contributed by atoms with Crippen LogP contribution in [0.3, 0.4) is 0 Å². The molecule has 0 aliphatic carbocycles. The van der Waals surface area contributed by atoms with Gasteiger partial charge in [-0.2, -0.15) is 0 Å². The van der Waals surface area contributed by atoms with E-state index in [-0.39, 0.29) is 5.78 Å². The highest BCUT2D eigenvalue weighted by Crippen LogP contribution is 2.17. The molecule has 0 radical (unpaired) electrons. The van der Waals surface area contributed by atoms with E-state index in [1.54, 1.807) is 12.1 Å². The molecule has 1 saturated heterocycles. The molecule has 1 atom stereocenters. The first-order chi connectivity index (χ1) is 8.66. The second kappa shape index (κ2) is 6.35. The van der Waals surface area contributed by atoms with Gasteiger partial charge in [-0.05, 0) is 50.6 Å². The molecule has 3 heteroatoms. The molecule has 0 aromatic heterocycles. The van der Waals surface area contributed by atoms with Crippen molar-refractivity contribution >= 4 is 17.4 Å². The molecule has 1 aromatic carbocycles. The van der Waals surface area contributed by atoms with Crippen molar-refractivity contribution in [3.8, 4) is 0 Å². The zero-order valence-corrected chi connectivity index (χ0v) is 11.6. The van der Waals surface area contributed by atoms with E-state index in [0.717, 1.165) is 12.1 Å². The van der Waals surface area contributed by atoms with Gasteiger partial charge in [-0.25, -0.2) is 0 Å². The molecule has 0 N–H and O–H groups in total. The lowest BCUT2D eigenvalue weighted by Crippen LogP contribution is -2.37. The maximum atomic E-state index is 12.2. The lowest BCUT2D eigenvalue weighted by molar-refractivity contribution is 0.0901. The molecular formula is C15H20ClNO. The van der Waals surface area contributed by atoms with Gasteiger partial charge in [0, 0.05) is 16.6 Å². The Kier molecular flexibility index (Phi) is 4.79. The van der Waals surface area contributed by atoms with Gasteiger partial charge in [0.2, 0.25) is 0 Å². The zero-order chi connectivity index (χ0) is 13.0. The van der Waals surface area contributed by atoms with E-state index >= 15 is 0 Å². The normalized spacial score (nSPS) is 21.6. The zero-order valence-electron chi connectivity index (χ0n) is 10.9. The van der Waals surface area contributed by atoms with Crippen molar-refractivity contribution in [1.82, 2.24) is 4.90 Å². The number of benzene rings is 1. The number of carbonyl (C=O) groups excluding carboxylic acids is 1. The molecule has 18 heavy (non-hydrogen) atoms. The summed E-state index contributed by atoms with van der Waals surface area (Å²) in [5.74, 6) is 0.195. The molecule has 0 spiro atoms. The van der Waals surface area contributed by atoms with Gasteiger partial charge in [-0.15, -0.1) is 0 Å². The van der Waals surface area contributed by atoms with E-state index in [9.17, 15) is 4.79 Å². The molecule has 1 aromatic rings. The molecule has 1 aliphatic heterocycles. The predicted octanol–water partition coefficient (Wildman–Crippen LogP) is 3.79. The highest BCUT2D eigenvalue weighted by Gasteiger charge is 2.19. The van der Waals surface area contributed by atoms with Crippen molar-refractivity contribution < 1.29 is 4.79 Å². The van der Waals surface area contributed by atoms with Crippen LogP contribution in [0.15, 0.2) is 24.3 Å². The molecule has 1 fully saturated rings. The Morgan fingerprint density at radius 1 is 1.28 bits per heavy atom. The van der Waals surface area contributed by atoms with Gasteiger partial charge in [-0.3, -0.25) is 9.69 Å². The predicted molar refractivity (Wildman–Crippen MR) is 75.3 cm³/mol. The van der Waals surface area contributed by atoms with Crippen LogP contribution in [0.2, 0.25) is 5.02 Å². The fourth-order valence-corrected chi connectivity index (χ4v) is 2.61. The Morgan fingerprint density at radius 3 is 2.72 bits per heavy atom. The van der Waals surface area contributed by atoms with Crippen LogP contribution in [0.5, 0.6) is 0 Å². The third kappa shape index (κ3) is 3.56. The van der Waals surface area contributed by atoms with Gasteiger partial charge < -0.3 is 0 Å². The Balaban J connectivity index is 1.99. The number of carbonyl (C=O) groups is 1. The number of halogens is 1. The summed E-state index contributed by atoms with van der Waals surface area (Å²) in [7, 11) is 0. The summed E-state index contributed by atoms with van der Waals surface area (Å²) in [4.78, 5) is 14.5. The Labute approximate surface area is 114 Å². The second-order valence-corrected chi connectivity index (χ2v) is 5.54. The summed E-state index contributed by atoms with van der Waals surface area (Å²) >= 11 is 5.83. The summed E-state index contributed by atoms with van der Waals surface area (Å²) < 4.78 is 0. The number of nitrogens with zero attached hydrogens (tertiary/aromatic N) is 1. The first-order valence-corrected chi connectivity index (χ1v) is 7.07. The summed E-state index contributed by atoms with van der Waals surface area (Å²) in [5.41, 5.74) is 0.760. The molecule has 0 bridgehead atoms. The van der Waals surface area contributed by atoms with E-state index in [1.807, 2.05) is 12.1 Å². The summed E-state index contributed by atoms with van der Waals surface area (Å²) in [6.45, 7) is 3.80. The molecule has 2 rings (SSSR count). The molecule has 2 nitrogen and oxygen atoms in total. The molecule has 1 heterocycles. The van der Waals surface area contributed by atoms with Crippen LogP contribution in [-0.2, 0) is 0 Å². The van der Waals surface area contributed by atoms with Crippen molar-refractivity contribution in [3.05, 3.63) is 34.9 Å². The third-order valence-corrected chi connectivity index (χ3v) is 3.96. The number of rotatable bonds is 3. The SMILES string of the molecule is CC1CCCCCN1CC(=O)c1ccc(Cl)cc1. The highest BCUT2D eigenvalue weighted by atomic mass is 35.5. The lowest BCUT2D eigenvalue weighted by atomic mass is 10.1. The largest absolute Gasteiger partial charge is 0.293 e. The summed E-state index contributed by atoms with van der Waals surface area (Å²) in [6, 6.07) is 7.70. The van der Waals surface area contributed by atoms with E-state index in [4.69, 9.17) is 11.6 Å². The number of ketones is 1. The average molecular weight is 266 g/mol. The van der Waals surface area contributed by atoms with Gasteiger partial charge >= 0.3 is 0 Å². The molecular weight excluding hydrogens is 246 g/mol. The molecule has 98 valence electrons. The Hall–Kier alpha value is -0.860. The number of likely N-dealkylation sites (tertiary alicyclic amines) is 1. The van der Waals surface area contributed by atoms with Crippen molar-refractivity contribution in [2.75, 3.05) is 13.1 Å². The smallest absolute Gasteiger partial charge is 0.176 e. The number of hydrogen-bond acceptors (Lipinski definition) is 2. The molecule has 1 aliphatic rings. The van der Waals surface area contributed by atoms with E-state index in [1.165, 1.54) is 25.7 Å². The standard InChI is InChI=1S/C15H20ClNO/c1-12-5-3-2-4-10-17(12)11-15(18)13-6-8-14(16)9-7-13/h6-9,12H,2-5,10-11H2,1H3. The minimum atomic E-state index is 0.195. The van der Waals surface area contributed by atoms with Gasteiger partial charge in [0.25, 0.3) is 0 Å². The van der Waals surface area contributed by atoms with Crippen LogP contribution in [0, 0.1) is 0 Å². The van der Waals surface area contributed by atoms with Crippen LogP contribution >= 0.6 is 11.6 Å². The summed E-state index contributed by atoms with van der Waals surface area (Å²) in [6.07, 6.45) is 4.98. The van der Waals surface area contributed by atoms with Crippen molar-refractivity contribution in [1.29, 1.82) is 0 Å². The van der Waals surface area contributed by atoms with Gasteiger partial charge in [0.05, 0.1) is 6.54 Å². The molecule has 1 unspecified atom stereocenters. The average Bonchev–Trinajstić information content (AvgIpc) is 2.56. The van der Waals surface area contributed by atoms with Crippen LogP contribution in [0.1, 0.15) is 43.0 Å². The topological polar surface area (TPSA) is 20.3 Å². The maximum Gasteiger partial charge on any atom is 0.176 e. The van der Waals surface area contributed by atoms with Crippen molar-refractivity contribution in [2.24, 2.45) is 0 Å². The fourth-order valence-electron chi connectivity index (χ4n) is 2.48. The van der Waals surface area contributed by atoms with E-state index in [0.29, 0.717) is 17.6 Å². The quantitative estimate of drug-likeness (QED) is 0.775. The van der Waals surface area contributed by atoms with Crippen LogP contribution in [0.25, 0.3) is 0 Å². The first-order valence-electron chi connectivity index (χ1n) is 6.69. The van der Waals surface area contributed by atoms with Crippen LogP contribution < -0.4 is 0 Å². The minimum Gasteiger partial charge on any atom is -0.293 e. The monoisotopic (exact) mass is 265 g/mol. The van der Waals surface area contributed by atoms with Crippen LogP contribution in [0.4, 0.5) is 0 Å². The molecule has 0 saturated carbocycles. The third-order valence-electron chi connectivity index (χ3n) is 3.70. The van der Waals surface area contributed by atoms with Crippen molar-refractivity contribution in [2.45, 2.75) is 38.6 Å². The van der Waals surface area contributed by atoms with Gasteiger partial charge in [0.15, 0.2) is 5.78 Å². The minimum absolute atomic E-state index is 0.195. The summed E-state index contributed by atoms with van der Waals surface area (Å²) in [5, 5.41) is 0.676. The maximum absolute atomic E-state index is 12.2. The fraction of sp³-hybridized carbons (Fsp3) is 0.533. The highest BCUT2D eigenvalue weighted by molar-refractivity contribution is 6.30. The Morgan fingerprint density at radius 2 is 2.00 bits per heavy atom. The van der Waals surface area contributed by atoms with Crippen LogP contribution in [-0.4, -0.2) is 29.8 Å². The lowest BCUT2D eigenvalue weighted by Gasteiger charge is -2.25. The Bertz CT molecular complexity index is 401. The first kappa shape index (κ1) is 13.6. The van der Waals surface area contributed by atoms with Gasteiger partial charge in [0.1, 0.15) is 0 Å². The molecule has 0 amide bonds. The second-order valence-electron chi connectivity index (χ2n) is 5.10. The van der Waals surface area contributed by atoms with E-state index in [2.05, 4.69) is 11.8 Å². The van der Waals surface area contributed by atoms with E-state index < -0.39 is 0 Å².